The third-order valence-electron chi connectivity index (χ3n) is 4.52. The summed E-state index contributed by atoms with van der Waals surface area (Å²) in [6.45, 7) is 0. The van der Waals surface area contributed by atoms with Gasteiger partial charge in [-0.15, -0.1) is 0 Å². The summed E-state index contributed by atoms with van der Waals surface area (Å²) in [5.41, 5.74) is 1.74. The molecule has 0 unspecified atom stereocenters. The molecule has 148 valence electrons. The van der Waals surface area contributed by atoms with E-state index >= 15 is 0 Å². The lowest BCUT2D eigenvalue weighted by atomic mass is 9.84. The summed E-state index contributed by atoms with van der Waals surface area (Å²) in [5.74, 6) is 0.627. The number of Topliss-reactive ketones (excluding diaryl/α,β-unsaturated/α-hetero) is 1. The first-order chi connectivity index (χ1) is 12.1. The van der Waals surface area contributed by atoms with Crippen LogP contribution in [0, 0.1) is 5.92 Å². The summed E-state index contributed by atoms with van der Waals surface area (Å²) in [7, 11) is 3.85. The van der Waals surface area contributed by atoms with Crippen LogP contribution >= 0.6 is 0 Å². The largest absolute Gasteiger partial charge is 1.00 e. The molecule has 5 nitrogen and oxygen atoms in total. The van der Waals surface area contributed by atoms with Crippen molar-refractivity contribution in [3.05, 3.63) is 60.2 Å². The quantitative estimate of drug-likeness (QED) is 0.101. The van der Waals surface area contributed by atoms with Crippen molar-refractivity contribution in [1.29, 1.82) is 0 Å². The van der Waals surface area contributed by atoms with Gasteiger partial charge >= 0.3 is 0 Å². The summed E-state index contributed by atoms with van der Waals surface area (Å²) in [6.07, 6.45) is 13.1. The molecule has 27 heavy (non-hydrogen) atoms. The van der Waals surface area contributed by atoms with Gasteiger partial charge in [-0.3, -0.25) is 4.79 Å². The summed E-state index contributed by atoms with van der Waals surface area (Å²) in [4.78, 5) is 12.1. The highest BCUT2D eigenvalue weighted by Crippen LogP contribution is 2.26. The molecule has 0 radical (unpaired) electrons. The van der Waals surface area contributed by atoms with Crippen molar-refractivity contribution in [2.75, 3.05) is 0 Å². The average Bonchev–Trinajstić information content (AvgIpc) is 2.65. The fraction of sp³-hybridized carbons (Fsp3) is 0.400. The number of halogens is 2. The third kappa shape index (κ3) is 8.63. The van der Waals surface area contributed by atoms with Gasteiger partial charge in [-0.2, -0.15) is 0 Å². The van der Waals surface area contributed by atoms with E-state index in [1.807, 2.05) is 72.2 Å². The summed E-state index contributed by atoms with van der Waals surface area (Å²) in [6, 6.07) is 9.51. The van der Waals surface area contributed by atoms with E-state index < -0.39 is 0 Å². The van der Waals surface area contributed by atoms with Crippen LogP contribution in [0.2, 0.25) is 0 Å². The predicted molar refractivity (Wildman–Crippen MR) is 95.5 cm³/mol. The molecule has 7 heteroatoms. The van der Waals surface area contributed by atoms with Crippen LogP contribution in [-0.4, -0.2) is 17.2 Å². The Kier molecular flexibility index (Phi) is 13.4. The van der Waals surface area contributed by atoms with Crippen LogP contribution in [-0.2, 0) is 14.1 Å². The molecule has 0 aromatic carbocycles. The molecule has 3 rings (SSSR count). The first-order valence-corrected chi connectivity index (χ1v) is 8.73. The Bertz CT molecular complexity index is 715. The summed E-state index contributed by atoms with van der Waals surface area (Å²) < 4.78 is 3.82. The van der Waals surface area contributed by atoms with Gasteiger partial charge in [0.05, 0.1) is 0 Å². The van der Waals surface area contributed by atoms with Gasteiger partial charge in [-0.1, -0.05) is 24.4 Å². The first kappa shape index (κ1) is 25.9. The molecular weight excluding hydrogens is 568 g/mol. The number of oxime groups is 1. The van der Waals surface area contributed by atoms with E-state index in [1.165, 1.54) is 25.5 Å². The van der Waals surface area contributed by atoms with Crippen molar-refractivity contribution in [2.24, 2.45) is 25.2 Å². The minimum absolute atomic E-state index is 0. The molecule has 2 aromatic heterocycles. The van der Waals surface area contributed by atoms with Crippen molar-refractivity contribution < 1.29 is 67.1 Å². The molecule has 0 amide bonds. The maximum absolute atomic E-state index is 12.1. The molecule has 2 heterocycles. The lowest BCUT2D eigenvalue weighted by molar-refractivity contribution is -0.672. The van der Waals surface area contributed by atoms with Crippen molar-refractivity contribution in [3.8, 4) is 0 Å². The highest BCUT2D eigenvalue weighted by Gasteiger charge is 2.22. The number of hydrogen-bond acceptors (Lipinski definition) is 3. The van der Waals surface area contributed by atoms with E-state index in [-0.39, 0.29) is 53.9 Å². The molecule has 0 bridgehead atoms. The predicted octanol–water partition coefficient (Wildman–Crippen LogP) is -3.40. The lowest BCUT2D eigenvalue weighted by Gasteiger charge is -2.19. The zero-order chi connectivity index (χ0) is 18.1. The topological polar surface area (TPSA) is 57.4 Å². The van der Waals surface area contributed by atoms with Crippen LogP contribution in [0.15, 0.2) is 54.1 Å². The van der Waals surface area contributed by atoms with Crippen molar-refractivity contribution >= 4 is 12.0 Å². The number of ketones is 1. The van der Waals surface area contributed by atoms with E-state index in [1.54, 1.807) is 0 Å². The van der Waals surface area contributed by atoms with Crippen molar-refractivity contribution in [1.82, 2.24) is 0 Å². The van der Waals surface area contributed by atoms with E-state index in [0.29, 0.717) is 5.78 Å². The Hall–Kier alpha value is -1.10. The van der Waals surface area contributed by atoms with E-state index in [9.17, 15) is 4.79 Å². The van der Waals surface area contributed by atoms with Gasteiger partial charge in [0.1, 0.15) is 20.3 Å². The number of carbonyl (C=O) groups is 1. The number of nitrogens with zero attached hydrogens (tertiary/aromatic N) is 3. The van der Waals surface area contributed by atoms with Crippen LogP contribution in [0.4, 0.5) is 0 Å². The first-order valence-electron chi connectivity index (χ1n) is 8.73. The number of pyridine rings is 2. The molecule has 0 aliphatic heterocycles. The highest BCUT2D eigenvalue weighted by molar-refractivity contribution is 5.97. The van der Waals surface area contributed by atoms with Crippen LogP contribution in [0.5, 0.6) is 0 Å². The van der Waals surface area contributed by atoms with Gasteiger partial charge in [0, 0.05) is 35.7 Å². The second kappa shape index (κ2) is 14.0. The maximum Gasteiger partial charge on any atom is 0.226 e. The number of hydrogen-bond donors (Lipinski definition) is 1. The zero-order valence-corrected chi connectivity index (χ0v) is 20.1. The summed E-state index contributed by atoms with van der Waals surface area (Å²) in [5, 5.41) is 11.1. The minimum Gasteiger partial charge on any atom is -1.00 e. The molecule has 0 spiro atoms. The van der Waals surface area contributed by atoms with Crippen LogP contribution < -0.4 is 57.1 Å². The van der Waals surface area contributed by atoms with Crippen molar-refractivity contribution in [3.63, 3.8) is 0 Å². The molecule has 2 aromatic rings. The van der Waals surface area contributed by atoms with Gasteiger partial charge < -0.3 is 53.2 Å². The molecule has 1 aliphatic carbocycles. The van der Waals surface area contributed by atoms with Crippen LogP contribution in [0.25, 0.3) is 0 Å². The standard InChI is InChI=1S/C13H18NO.C7H8N2O.2HI/c1-14-9-7-12(8-10-14)13(15)11-5-3-2-4-6-11;1-9-5-3-2-4-7(9)6-8-10;;/h7-11H,2-6H2,1H3;2-6H,1H3;2*1H/q+1;;;/p-1. The van der Waals surface area contributed by atoms with Gasteiger partial charge in [0.25, 0.3) is 0 Å². The van der Waals surface area contributed by atoms with Crippen LogP contribution in [0.3, 0.4) is 0 Å². The molecule has 0 saturated heterocycles. The Labute approximate surface area is 195 Å². The van der Waals surface area contributed by atoms with Gasteiger partial charge in [-0.05, 0) is 18.9 Å². The monoisotopic (exact) mass is 595 g/mol. The molecule has 1 aliphatic rings. The SMILES string of the molecule is C[n+]1ccc(C(=O)C2CCCCC2)cc1.C[n+]1ccccc1C=NO.[I-].[I-]. The van der Waals surface area contributed by atoms with E-state index in [0.717, 1.165) is 24.1 Å². The Morgan fingerprint density at radius 3 is 2.22 bits per heavy atom. The van der Waals surface area contributed by atoms with Gasteiger partial charge in [0.2, 0.25) is 5.69 Å². The van der Waals surface area contributed by atoms with Gasteiger partial charge in [0.15, 0.2) is 24.4 Å². The van der Waals surface area contributed by atoms with Crippen molar-refractivity contribution in [2.45, 2.75) is 32.1 Å². The van der Waals surface area contributed by atoms with E-state index in [2.05, 4.69) is 5.16 Å². The maximum atomic E-state index is 12.1. The number of aryl methyl sites for hydroxylation is 2. The average molecular weight is 595 g/mol. The zero-order valence-electron chi connectivity index (χ0n) is 15.8. The van der Waals surface area contributed by atoms with Gasteiger partial charge in [-0.25, -0.2) is 9.13 Å². The van der Waals surface area contributed by atoms with E-state index in [4.69, 9.17) is 5.21 Å². The molecular formula is C20H27I2N3O2. The molecule has 1 fully saturated rings. The second-order valence-electron chi connectivity index (χ2n) is 6.43. The fourth-order valence-electron chi connectivity index (χ4n) is 3.00. The van der Waals surface area contributed by atoms with Crippen LogP contribution in [0.1, 0.15) is 48.2 Å². The third-order valence-corrected chi connectivity index (χ3v) is 4.52. The highest BCUT2D eigenvalue weighted by atomic mass is 127. The summed E-state index contributed by atoms with van der Waals surface area (Å²) >= 11 is 0. The number of rotatable bonds is 3. The number of carbonyl (C=O) groups excluding carboxylic acids is 1. The Balaban J connectivity index is 0.000000500. The Morgan fingerprint density at radius 1 is 1.04 bits per heavy atom. The minimum atomic E-state index is 0. The lowest BCUT2D eigenvalue weighted by Crippen LogP contribution is -3.00. The molecule has 0 atom stereocenters. The molecule has 1 N–H and O–H groups in total. The number of aromatic nitrogens is 2. The second-order valence-corrected chi connectivity index (χ2v) is 6.43. The fourth-order valence-corrected chi connectivity index (χ4v) is 3.00. The molecule has 1 saturated carbocycles. The Morgan fingerprint density at radius 2 is 1.67 bits per heavy atom. The smallest absolute Gasteiger partial charge is 0.226 e. The normalized spacial score (nSPS) is 13.7.